The zero-order valence-electron chi connectivity index (χ0n) is 15.0. The highest BCUT2D eigenvalue weighted by molar-refractivity contribution is 5.97. The van der Waals surface area contributed by atoms with Gasteiger partial charge in [0.25, 0.3) is 0 Å². The molecule has 0 radical (unpaired) electrons. The molecular formula is C20H20F2N2O3. The molecule has 1 amide bonds. The predicted octanol–water partition coefficient (Wildman–Crippen LogP) is 3.18. The fourth-order valence-electron chi connectivity index (χ4n) is 3.49. The van der Waals surface area contributed by atoms with Crippen LogP contribution in [-0.2, 0) is 9.53 Å². The highest BCUT2D eigenvalue weighted by atomic mass is 19.1. The van der Waals surface area contributed by atoms with Crippen LogP contribution in [0, 0.1) is 11.6 Å². The van der Waals surface area contributed by atoms with Gasteiger partial charge >= 0.3 is 5.97 Å². The van der Waals surface area contributed by atoms with E-state index < -0.39 is 35.1 Å². The Hall–Kier alpha value is -2.80. The van der Waals surface area contributed by atoms with Gasteiger partial charge in [-0.1, -0.05) is 30.3 Å². The van der Waals surface area contributed by atoms with E-state index in [1.807, 2.05) is 42.3 Å². The Balaban J connectivity index is 1.84. The van der Waals surface area contributed by atoms with Gasteiger partial charge in [-0.25, -0.2) is 13.6 Å². The first kappa shape index (κ1) is 19.0. The number of hydrogen-bond acceptors (Lipinski definition) is 4. The molecule has 1 aliphatic rings. The second kappa shape index (κ2) is 7.84. The van der Waals surface area contributed by atoms with Crippen LogP contribution in [0.2, 0.25) is 0 Å². The molecule has 142 valence electrons. The summed E-state index contributed by atoms with van der Waals surface area (Å²) < 4.78 is 32.8. The average Bonchev–Trinajstić information content (AvgIpc) is 3.06. The first-order chi connectivity index (χ1) is 12.9. The zero-order chi connectivity index (χ0) is 19.6. The number of likely N-dealkylation sites (N-methyl/N-ethyl adjacent to an activating group) is 1. The van der Waals surface area contributed by atoms with Crippen LogP contribution in [0.5, 0.6) is 0 Å². The van der Waals surface area contributed by atoms with E-state index in [0.29, 0.717) is 0 Å². The van der Waals surface area contributed by atoms with Crippen molar-refractivity contribution in [2.75, 3.05) is 26.0 Å². The van der Waals surface area contributed by atoms with E-state index in [2.05, 4.69) is 10.1 Å². The molecule has 1 heterocycles. The number of likely N-dealkylation sites (tertiary alicyclic amines) is 1. The van der Waals surface area contributed by atoms with Crippen LogP contribution in [0.3, 0.4) is 0 Å². The van der Waals surface area contributed by atoms with E-state index >= 15 is 0 Å². The zero-order valence-corrected chi connectivity index (χ0v) is 15.0. The summed E-state index contributed by atoms with van der Waals surface area (Å²) in [5, 5.41) is 2.46. The summed E-state index contributed by atoms with van der Waals surface area (Å²) in [4.78, 5) is 26.2. The molecule has 1 unspecified atom stereocenters. The third kappa shape index (κ3) is 3.83. The van der Waals surface area contributed by atoms with E-state index in [1.54, 1.807) is 0 Å². The Bertz CT molecular complexity index is 858. The van der Waals surface area contributed by atoms with Crippen molar-refractivity contribution in [1.29, 1.82) is 0 Å². The largest absolute Gasteiger partial charge is 0.465 e. The number of carbonyl (C=O) groups is 2. The number of amides is 1. The van der Waals surface area contributed by atoms with E-state index in [0.717, 1.165) is 37.8 Å². The molecule has 5 nitrogen and oxygen atoms in total. The summed E-state index contributed by atoms with van der Waals surface area (Å²) in [5.41, 5.74) is 0.195. The lowest BCUT2D eigenvalue weighted by Crippen LogP contribution is -2.40. The second-order valence-corrected chi connectivity index (χ2v) is 6.52. The molecule has 1 aliphatic heterocycles. The molecule has 2 aromatic rings. The van der Waals surface area contributed by atoms with Gasteiger partial charge in [-0.3, -0.25) is 9.69 Å². The Labute approximate surface area is 155 Å². The monoisotopic (exact) mass is 374 g/mol. The van der Waals surface area contributed by atoms with Crippen molar-refractivity contribution >= 4 is 17.6 Å². The van der Waals surface area contributed by atoms with Crippen LogP contribution >= 0.6 is 0 Å². The number of rotatable bonds is 4. The number of methoxy groups -OCH3 is 1. The van der Waals surface area contributed by atoms with Crippen LogP contribution in [0.15, 0.2) is 42.5 Å². The van der Waals surface area contributed by atoms with Crippen molar-refractivity contribution in [3.8, 4) is 0 Å². The molecule has 1 saturated heterocycles. The fraction of sp³-hybridized carbons (Fsp3) is 0.300. The maximum Gasteiger partial charge on any atom is 0.340 e. The lowest BCUT2D eigenvalue weighted by atomic mass is 9.91. The Kier molecular flexibility index (Phi) is 5.51. The van der Waals surface area contributed by atoms with E-state index in [9.17, 15) is 18.4 Å². The van der Waals surface area contributed by atoms with Crippen LogP contribution in [0.1, 0.15) is 28.3 Å². The summed E-state index contributed by atoms with van der Waals surface area (Å²) in [6.07, 6.45) is 0.788. The first-order valence-corrected chi connectivity index (χ1v) is 8.55. The highest BCUT2D eigenvalue weighted by Crippen LogP contribution is 2.33. The average molecular weight is 374 g/mol. The summed E-state index contributed by atoms with van der Waals surface area (Å²) >= 11 is 0. The van der Waals surface area contributed by atoms with Gasteiger partial charge in [0.1, 0.15) is 11.6 Å². The quantitative estimate of drug-likeness (QED) is 0.835. The summed E-state index contributed by atoms with van der Waals surface area (Å²) in [6, 6.07) is 10.6. The molecule has 2 aromatic carbocycles. The van der Waals surface area contributed by atoms with Gasteiger partial charge in [0.2, 0.25) is 5.91 Å². The number of benzene rings is 2. The molecule has 3 rings (SSSR count). The predicted molar refractivity (Wildman–Crippen MR) is 96.5 cm³/mol. The van der Waals surface area contributed by atoms with Gasteiger partial charge in [0.05, 0.1) is 24.4 Å². The standard InChI is InChI=1S/C20H20F2N2O3/c1-24-9-8-13(12-6-4-3-5-7-12)18(24)19(25)23-17-11-15(21)14(10-16(17)22)20(26)27-2/h3-7,10-11,13,18H,8-9H2,1-2H3,(H,23,25)/t13-,18?/m1/s1. The molecule has 7 heteroatoms. The number of nitrogens with zero attached hydrogens (tertiary/aromatic N) is 1. The molecule has 1 N–H and O–H groups in total. The molecule has 0 saturated carbocycles. The van der Waals surface area contributed by atoms with Crippen molar-refractivity contribution in [2.24, 2.45) is 0 Å². The van der Waals surface area contributed by atoms with Crippen LogP contribution in [-0.4, -0.2) is 43.5 Å². The molecular weight excluding hydrogens is 354 g/mol. The molecule has 1 fully saturated rings. The number of nitrogens with one attached hydrogen (secondary N) is 1. The third-order valence-corrected chi connectivity index (χ3v) is 4.87. The molecule has 2 atom stereocenters. The number of hydrogen-bond donors (Lipinski definition) is 1. The van der Waals surface area contributed by atoms with Crippen molar-refractivity contribution in [3.05, 3.63) is 65.2 Å². The third-order valence-electron chi connectivity index (χ3n) is 4.87. The van der Waals surface area contributed by atoms with Crippen molar-refractivity contribution < 1.29 is 23.1 Å². The molecule has 0 aliphatic carbocycles. The van der Waals surface area contributed by atoms with Gasteiger partial charge in [-0.2, -0.15) is 0 Å². The SMILES string of the molecule is COC(=O)c1cc(F)c(NC(=O)C2[C@@H](c3ccccc3)CCN2C)cc1F. The molecule has 0 aromatic heterocycles. The highest BCUT2D eigenvalue weighted by Gasteiger charge is 2.38. The summed E-state index contributed by atoms with van der Waals surface area (Å²) in [7, 11) is 2.90. The van der Waals surface area contributed by atoms with Crippen molar-refractivity contribution in [3.63, 3.8) is 0 Å². The summed E-state index contributed by atoms with van der Waals surface area (Å²) in [5.74, 6) is -3.31. The Morgan fingerprint density at radius 1 is 1.15 bits per heavy atom. The number of carbonyl (C=O) groups excluding carboxylic acids is 2. The number of halogens is 2. The normalized spacial score (nSPS) is 19.7. The van der Waals surface area contributed by atoms with Gasteiger partial charge in [0, 0.05) is 12.0 Å². The van der Waals surface area contributed by atoms with Crippen LogP contribution in [0.4, 0.5) is 14.5 Å². The summed E-state index contributed by atoms with van der Waals surface area (Å²) in [6.45, 7) is 0.718. The van der Waals surface area contributed by atoms with E-state index in [1.165, 1.54) is 0 Å². The lowest BCUT2D eigenvalue weighted by Gasteiger charge is -2.24. The topological polar surface area (TPSA) is 58.6 Å². The fourth-order valence-corrected chi connectivity index (χ4v) is 3.49. The maximum atomic E-state index is 14.3. The minimum atomic E-state index is -0.982. The smallest absolute Gasteiger partial charge is 0.340 e. The minimum Gasteiger partial charge on any atom is -0.465 e. The van der Waals surface area contributed by atoms with Gasteiger partial charge < -0.3 is 10.1 Å². The molecule has 27 heavy (non-hydrogen) atoms. The van der Waals surface area contributed by atoms with Crippen LogP contribution < -0.4 is 5.32 Å². The Morgan fingerprint density at radius 2 is 1.85 bits per heavy atom. The second-order valence-electron chi connectivity index (χ2n) is 6.52. The number of esters is 1. The molecule has 0 bridgehead atoms. The Morgan fingerprint density at radius 3 is 2.52 bits per heavy atom. The van der Waals surface area contributed by atoms with Crippen molar-refractivity contribution in [2.45, 2.75) is 18.4 Å². The number of ether oxygens (including phenoxy) is 1. The van der Waals surface area contributed by atoms with Crippen LogP contribution in [0.25, 0.3) is 0 Å². The molecule has 0 spiro atoms. The van der Waals surface area contributed by atoms with Gasteiger partial charge in [0.15, 0.2) is 0 Å². The first-order valence-electron chi connectivity index (χ1n) is 8.55. The van der Waals surface area contributed by atoms with E-state index in [4.69, 9.17) is 0 Å². The van der Waals surface area contributed by atoms with E-state index in [-0.39, 0.29) is 11.6 Å². The minimum absolute atomic E-state index is 0.0431. The lowest BCUT2D eigenvalue weighted by molar-refractivity contribution is -0.120. The van der Waals surface area contributed by atoms with Gasteiger partial charge in [-0.05, 0) is 31.6 Å². The maximum absolute atomic E-state index is 14.3. The number of anilines is 1. The van der Waals surface area contributed by atoms with Gasteiger partial charge in [-0.15, -0.1) is 0 Å². The van der Waals surface area contributed by atoms with Crippen molar-refractivity contribution in [1.82, 2.24) is 4.90 Å².